The van der Waals surface area contributed by atoms with Crippen molar-refractivity contribution in [2.45, 2.75) is 0 Å². The smallest absolute Gasteiger partial charge is 0.142 e. The molecule has 3 heteroatoms. The first-order valence-corrected chi connectivity index (χ1v) is 1.60. The van der Waals surface area contributed by atoms with E-state index in [1.54, 1.807) is 0 Å². The highest BCUT2D eigenvalue weighted by Gasteiger charge is 1.65. The molecule has 0 aromatic heterocycles. The number of carboxylic acid groups (broad SMARTS) is 1. The van der Waals surface area contributed by atoms with Crippen molar-refractivity contribution in [1.29, 1.82) is 0 Å². The molecule has 0 aliphatic carbocycles. The Bertz CT molecular complexity index is 104. The molecule has 3 nitrogen and oxygen atoms in total. The summed E-state index contributed by atoms with van der Waals surface area (Å²) in [6.45, 7) is 0. The van der Waals surface area contributed by atoms with Gasteiger partial charge in [0.1, 0.15) is 6.29 Å². The van der Waals surface area contributed by atoms with Gasteiger partial charge in [0.15, 0.2) is 0 Å². The minimum Gasteiger partial charge on any atom is -0.545 e. The summed E-state index contributed by atoms with van der Waals surface area (Å²) in [6, 6.07) is 0. The molecule has 0 fully saturated rings. The Hall–Kier alpha value is -1.12. The molecule has 0 atom stereocenters. The van der Waals surface area contributed by atoms with Crippen LogP contribution in [0.5, 0.6) is 0 Å². The SMILES string of the molecule is O=C/C=C\C(=O)[O-]. The molecule has 0 unspecified atom stereocenters. The Morgan fingerprint density at radius 1 is 1.57 bits per heavy atom. The van der Waals surface area contributed by atoms with E-state index in [1.165, 1.54) is 0 Å². The van der Waals surface area contributed by atoms with E-state index in [-0.39, 0.29) is 0 Å². The third-order valence-corrected chi connectivity index (χ3v) is 0.311. The summed E-state index contributed by atoms with van der Waals surface area (Å²) in [5.41, 5.74) is 0. The first-order chi connectivity index (χ1) is 3.27. The molecular formula is C4H3O3-. The summed E-state index contributed by atoms with van der Waals surface area (Å²) in [4.78, 5) is 18.7. The summed E-state index contributed by atoms with van der Waals surface area (Å²) in [7, 11) is 0. The monoisotopic (exact) mass is 99.0 g/mol. The van der Waals surface area contributed by atoms with E-state index in [0.29, 0.717) is 12.4 Å². The zero-order chi connectivity index (χ0) is 5.70. The molecule has 0 amide bonds. The molecule has 0 saturated carbocycles. The second-order valence-corrected chi connectivity index (χ2v) is 0.814. The lowest BCUT2D eigenvalue weighted by Crippen LogP contribution is -2.18. The van der Waals surface area contributed by atoms with Crippen LogP contribution in [-0.4, -0.2) is 12.3 Å². The van der Waals surface area contributed by atoms with Crippen LogP contribution in [0.1, 0.15) is 0 Å². The van der Waals surface area contributed by atoms with E-state index < -0.39 is 5.97 Å². The maximum absolute atomic E-state index is 9.40. The third-order valence-electron chi connectivity index (χ3n) is 0.311. The average molecular weight is 99.1 g/mol. The van der Waals surface area contributed by atoms with Gasteiger partial charge in [-0.05, 0) is 12.2 Å². The fraction of sp³-hybridized carbons (Fsp3) is 0. The summed E-state index contributed by atoms with van der Waals surface area (Å²) in [5, 5.41) is 9.40. The highest BCUT2D eigenvalue weighted by molar-refractivity contribution is 5.83. The standard InChI is InChI=1S/C4H4O3/c5-3-1-2-4(6)7/h1-3H,(H,6,7)/p-1/b2-1-. The number of hydrogen-bond donors (Lipinski definition) is 0. The highest BCUT2D eigenvalue weighted by Crippen LogP contribution is 1.59. The fourth-order valence-corrected chi connectivity index (χ4v) is 0.118. The molecule has 38 valence electrons. The van der Waals surface area contributed by atoms with E-state index in [0.717, 1.165) is 6.08 Å². The summed E-state index contributed by atoms with van der Waals surface area (Å²) < 4.78 is 0. The zero-order valence-electron chi connectivity index (χ0n) is 3.46. The van der Waals surface area contributed by atoms with Gasteiger partial charge in [0.05, 0.1) is 5.97 Å². The van der Waals surface area contributed by atoms with Crippen LogP contribution in [0.25, 0.3) is 0 Å². The van der Waals surface area contributed by atoms with Crippen molar-refractivity contribution in [3.8, 4) is 0 Å². The van der Waals surface area contributed by atoms with Gasteiger partial charge in [-0.2, -0.15) is 0 Å². The van der Waals surface area contributed by atoms with Crippen molar-refractivity contribution in [2.75, 3.05) is 0 Å². The van der Waals surface area contributed by atoms with Crippen LogP contribution < -0.4 is 5.11 Å². The predicted molar refractivity (Wildman–Crippen MR) is 20.2 cm³/mol. The lowest BCUT2D eigenvalue weighted by molar-refractivity contribution is -0.297. The number of carbonyl (C=O) groups is 2. The molecule has 0 heterocycles. The van der Waals surface area contributed by atoms with Crippen LogP contribution in [0.15, 0.2) is 12.2 Å². The topological polar surface area (TPSA) is 57.2 Å². The molecule has 0 aromatic rings. The lowest BCUT2D eigenvalue weighted by atomic mass is 10.5. The largest absolute Gasteiger partial charge is 0.545 e. The minimum atomic E-state index is -1.35. The van der Waals surface area contributed by atoms with Crippen LogP contribution in [0.3, 0.4) is 0 Å². The summed E-state index contributed by atoms with van der Waals surface area (Å²) >= 11 is 0. The first-order valence-electron chi connectivity index (χ1n) is 1.60. The number of rotatable bonds is 2. The van der Waals surface area contributed by atoms with Crippen molar-refractivity contribution in [3.05, 3.63) is 12.2 Å². The molecule has 0 saturated heterocycles. The Morgan fingerprint density at radius 2 is 2.14 bits per heavy atom. The van der Waals surface area contributed by atoms with Crippen LogP contribution in [0, 0.1) is 0 Å². The second-order valence-electron chi connectivity index (χ2n) is 0.814. The predicted octanol–water partition coefficient (Wildman–Crippen LogP) is -1.51. The molecule has 0 radical (unpaired) electrons. The number of carboxylic acids is 1. The first kappa shape index (κ1) is 5.88. The maximum Gasteiger partial charge on any atom is 0.142 e. The summed E-state index contributed by atoms with van der Waals surface area (Å²) in [5.74, 6) is -1.35. The van der Waals surface area contributed by atoms with E-state index in [4.69, 9.17) is 0 Å². The van der Waals surface area contributed by atoms with E-state index in [1.807, 2.05) is 0 Å². The normalized spacial score (nSPS) is 9.14. The number of allylic oxidation sites excluding steroid dienone is 1. The Labute approximate surface area is 40.3 Å². The van der Waals surface area contributed by atoms with Crippen LogP contribution in [0.4, 0.5) is 0 Å². The van der Waals surface area contributed by atoms with Gasteiger partial charge in [0.25, 0.3) is 0 Å². The highest BCUT2D eigenvalue weighted by atomic mass is 16.4. The van der Waals surface area contributed by atoms with Gasteiger partial charge in [0, 0.05) is 0 Å². The van der Waals surface area contributed by atoms with Gasteiger partial charge in [-0.25, -0.2) is 0 Å². The zero-order valence-corrected chi connectivity index (χ0v) is 3.46. The minimum absolute atomic E-state index is 0.371. The number of aliphatic carboxylic acids is 1. The molecule has 0 bridgehead atoms. The third kappa shape index (κ3) is 4.88. The average Bonchev–Trinajstić information content (AvgIpc) is 1.61. The second kappa shape index (κ2) is 3.08. The molecular weight excluding hydrogens is 96.0 g/mol. The van der Waals surface area contributed by atoms with Gasteiger partial charge < -0.3 is 9.90 Å². The molecule has 7 heavy (non-hydrogen) atoms. The fourth-order valence-electron chi connectivity index (χ4n) is 0.118. The van der Waals surface area contributed by atoms with E-state index in [9.17, 15) is 14.7 Å². The molecule has 0 rings (SSSR count). The van der Waals surface area contributed by atoms with Crippen LogP contribution in [-0.2, 0) is 9.59 Å². The van der Waals surface area contributed by atoms with E-state index in [2.05, 4.69) is 0 Å². The van der Waals surface area contributed by atoms with Crippen LogP contribution >= 0.6 is 0 Å². The molecule has 0 aliphatic heterocycles. The van der Waals surface area contributed by atoms with E-state index >= 15 is 0 Å². The van der Waals surface area contributed by atoms with Crippen molar-refractivity contribution in [3.63, 3.8) is 0 Å². The summed E-state index contributed by atoms with van der Waals surface area (Å²) in [6.07, 6.45) is 1.89. The van der Waals surface area contributed by atoms with Crippen molar-refractivity contribution in [2.24, 2.45) is 0 Å². The Kier molecular flexibility index (Phi) is 2.59. The van der Waals surface area contributed by atoms with Crippen LogP contribution in [0.2, 0.25) is 0 Å². The molecule has 0 aromatic carbocycles. The van der Waals surface area contributed by atoms with Crippen molar-refractivity contribution >= 4 is 12.3 Å². The van der Waals surface area contributed by atoms with Gasteiger partial charge in [-0.1, -0.05) is 0 Å². The Balaban J connectivity index is 3.46. The molecule has 0 aliphatic rings. The van der Waals surface area contributed by atoms with Crippen molar-refractivity contribution in [1.82, 2.24) is 0 Å². The number of hydrogen-bond acceptors (Lipinski definition) is 3. The van der Waals surface area contributed by atoms with Crippen molar-refractivity contribution < 1.29 is 14.7 Å². The van der Waals surface area contributed by atoms with Gasteiger partial charge in [0.2, 0.25) is 0 Å². The Morgan fingerprint density at radius 3 is 2.29 bits per heavy atom. The quantitative estimate of drug-likeness (QED) is 0.312. The lowest BCUT2D eigenvalue weighted by Gasteiger charge is -1.83. The van der Waals surface area contributed by atoms with Gasteiger partial charge in [-0.3, -0.25) is 4.79 Å². The number of carbonyl (C=O) groups excluding carboxylic acids is 2. The number of aldehydes is 1. The maximum atomic E-state index is 9.40. The molecule has 0 N–H and O–H groups in total. The molecule has 0 spiro atoms. The van der Waals surface area contributed by atoms with Gasteiger partial charge in [-0.15, -0.1) is 0 Å². The van der Waals surface area contributed by atoms with Gasteiger partial charge >= 0.3 is 0 Å².